The number of amides is 1. The molecule has 1 heterocycles. The van der Waals surface area contributed by atoms with E-state index in [1.54, 1.807) is 12.1 Å². The number of likely N-dealkylation sites (tertiary alicyclic amines) is 1. The molecule has 7 heteroatoms. The Morgan fingerprint density at radius 2 is 1.84 bits per heavy atom. The van der Waals surface area contributed by atoms with Crippen LogP contribution in [0.4, 0.5) is 0 Å². The lowest BCUT2D eigenvalue weighted by atomic mass is 10.1. The zero-order valence-electron chi connectivity index (χ0n) is 19.9. The summed E-state index contributed by atoms with van der Waals surface area (Å²) in [6, 6.07) is 3.79. The van der Waals surface area contributed by atoms with Crippen LogP contribution in [0.1, 0.15) is 88.4 Å². The van der Waals surface area contributed by atoms with Gasteiger partial charge in [-0.05, 0) is 60.4 Å². The van der Waals surface area contributed by atoms with Crippen molar-refractivity contribution < 1.29 is 19.1 Å². The first-order valence-electron chi connectivity index (χ1n) is 12.1. The molecule has 0 aromatic heterocycles. The number of methoxy groups -OCH3 is 1. The van der Waals surface area contributed by atoms with Crippen LogP contribution in [0.15, 0.2) is 16.6 Å². The average Bonchev–Trinajstić information content (AvgIpc) is 3.25. The first kappa shape index (κ1) is 26.7. The molecule has 1 aliphatic heterocycles. The van der Waals surface area contributed by atoms with Crippen molar-refractivity contribution in [2.75, 3.05) is 26.7 Å². The highest BCUT2D eigenvalue weighted by molar-refractivity contribution is 9.10. The molecule has 0 bridgehead atoms. The zero-order valence-corrected chi connectivity index (χ0v) is 21.5. The maximum Gasteiger partial charge on any atom is 0.311 e. The molecule has 1 saturated heterocycles. The number of benzene rings is 1. The van der Waals surface area contributed by atoms with E-state index in [-0.39, 0.29) is 23.2 Å². The van der Waals surface area contributed by atoms with E-state index in [0.717, 1.165) is 45.2 Å². The number of rotatable bonds is 14. The summed E-state index contributed by atoms with van der Waals surface area (Å²) in [4.78, 5) is 28.0. The van der Waals surface area contributed by atoms with Crippen molar-refractivity contribution in [3.05, 3.63) is 22.2 Å². The number of unbranched alkanes of at least 4 members (excludes halogenated alkanes) is 6. The Kier molecular flexibility index (Phi) is 12.1. The number of carbonyl (C=O) groups excluding carboxylic acids is 2. The summed E-state index contributed by atoms with van der Waals surface area (Å²) in [5.74, 6) is 0.0103. The minimum absolute atomic E-state index is 0.230. The fourth-order valence-electron chi connectivity index (χ4n) is 4.26. The maximum absolute atomic E-state index is 13.1. The quantitative estimate of drug-likeness (QED) is 0.197. The number of nitrogens with zero attached hydrogens (tertiary/aromatic N) is 1. The van der Waals surface area contributed by atoms with Gasteiger partial charge in [-0.25, -0.2) is 0 Å². The Morgan fingerprint density at radius 1 is 1.12 bits per heavy atom. The number of hydrogen-bond donors (Lipinski definition) is 1. The highest BCUT2D eigenvalue weighted by Crippen LogP contribution is 2.36. The van der Waals surface area contributed by atoms with Crippen molar-refractivity contribution in [1.29, 1.82) is 0 Å². The third-order valence-corrected chi connectivity index (χ3v) is 6.75. The third-order valence-electron chi connectivity index (χ3n) is 6.12. The van der Waals surface area contributed by atoms with Crippen LogP contribution in [0.25, 0.3) is 0 Å². The molecule has 32 heavy (non-hydrogen) atoms. The smallest absolute Gasteiger partial charge is 0.311 e. The molecule has 0 radical (unpaired) electrons. The van der Waals surface area contributed by atoms with E-state index in [9.17, 15) is 9.59 Å². The van der Waals surface area contributed by atoms with Gasteiger partial charge in [0.15, 0.2) is 5.75 Å². The van der Waals surface area contributed by atoms with E-state index in [0.29, 0.717) is 29.2 Å². The van der Waals surface area contributed by atoms with Gasteiger partial charge in [-0.15, -0.1) is 0 Å². The Bertz CT molecular complexity index is 741. The summed E-state index contributed by atoms with van der Waals surface area (Å²) >= 11 is 3.44. The van der Waals surface area contributed by atoms with Crippen molar-refractivity contribution >= 4 is 27.8 Å². The average molecular weight is 512 g/mol. The van der Waals surface area contributed by atoms with Crippen LogP contribution in [0.3, 0.4) is 0 Å². The zero-order chi connectivity index (χ0) is 23.3. The van der Waals surface area contributed by atoms with Gasteiger partial charge in [0.25, 0.3) is 5.91 Å². The molecule has 1 amide bonds. The molecule has 1 atom stereocenters. The fraction of sp³-hybridized carbons (Fsp3) is 0.680. The number of carbonyl (C=O) groups is 2. The number of nitrogens with one attached hydrogen (secondary N) is 1. The predicted octanol–water partition coefficient (Wildman–Crippen LogP) is 5.72. The Hall–Kier alpha value is -1.60. The standard InChI is InChI=1S/C25H39BrN2O4/c1-4-6-7-8-9-10-11-14-22(29)32-24-20(26)15-16-21(31-3)23(24)25(30)27-18-19-13-12-17-28(19)5-2/h15-16,19H,4-14,17-18H2,1-3H3,(H,27,30). The van der Waals surface area contributed by atoms with E-state index in [4.69, 9.17) is 9.47 Å². The molecular weight excluding hydrogens is 472 g/mol. The van der Waals surface area contributed by atoms with Gasteiger partial charge in [0, 0.05) is 19.0 Å². The second-order valence-corrected chi connectivity index (χ2v) is 9.29. The van der Waals surface area contributed by atoms with Gasteiger partial charge in [0.1, 0.15) is 11.3 Å². The van der Waals surface area contributed by atoms with Crippen LogP contribution in [-0.2, 0) is 4.79 Å². The molecule has 1 aromatic rings. The minimum atomic E-state index is -0.325. The van der Waals surface area contributed by atoms with Gasteiger partial charge in [0.05, 0.1) is 11.6 Å². The van der Waals surface area contributed by atoms with E-state index >= 15 is 0 Å². The number of likely N-dealkylation sites (N-methyl/N-ethyl adjacent to an activating group) is 1. The van der Waals surface area contributed by atoms with Crippen molar-refractivity contribution in [2.24, 2.45) is 0 Å². The van der Waals surface area contributed by atoms with Gasteiger partial charge in [0.2, 0.25) is 0 Å². The van der Waals surface area contributed by atoms with Crippen LogP contribution in [0.5, 0.6) is 11.5 Å². The van der Waals surface area contributed by atoms with Crippen LogP contribution < -0.4 is 14.8 Å². The highest BCUT2D eigenvalue weighted by Gasteiger charge is 2.27. The van der Waals surface area contributed by atoms with Crippen molar-refractivity contribution in [3.8, 4) is 11.5 Å². The van der Waals surface area contributed by atoms with E-state index in [1.165, 1.54) is 32.8 Å². The van der Waals surface area contributed by atoms with Gasteiger partial charge >= 0.3 is 5.97 Å². The molecule has 6 nitrogen and oxygen atoms in total. The first-order valence-corrected chi connectivity index (χ1v) is 12.9. The SMILES string of the molecule is CCCCCCCCCC(=O)Oc1c(Br)ccc(OC)c1C(=O)NCC1CCCN1CC. The molecule has 1 aliphatic rings. The highest BCUT2D eigenvalue weighted by atomic mass is 79.9. The minimum Gasteiger partial charge on any atom is -0.496 e. The molecule has 1 fully saturated rings. The normalized spacial score (nSPS) is 16.2. The molecule has 0 saturated carbocycles. The Labute approximate surface area is 201 Å². The summed E-state index contributed by atoms with van der Waals surface area (Å²) < 4.78 is 11.6. The summed E-state index contributed by atoms with van der Waals surface area (Å²) in [5, 5.41) is 3.02. The largest absolute Gasteiger partial charge is 0.496 e. The second kappa shape index (κ2) is 14.5. The number of ether oxygens (including phenoxy) is 2. The lowest BCUT2D eigenvalue weighted by Crippen LogP contribution is -2.40. The summed E-state index contributed by atoms with van der Waals surface area (Å²) in [6.45, 7) is 6.95. The second-order valence-electron chi connectivity index (χ2n) is 8.43. The van der Waals surface area contributed by atoms with Crippen LogP contribution in [0.2, 0.25) is 0 Å². The molecular formula is C25H39BrN2O4. The Balaban J connectivity index is 1.97. The summed E-state index contributed by atoms with van der Waals surface area (Å²) in [6.07, 6.45) is 10.5. The van der Waals surface area contributed by atoms with E-state index in [1.807, 2.05) is 0 Å². The van der Waals surface area contributed by atoms with Gasteiger partial charge in [-0.3, -0.25) is 14.5 Å². The van der Waals surface area contributed by atoms with Gasteiger partial charge < -0.3 is 14.8 Å². The predicted molar refractivity (Wildman–Crippen MR) is 132 cm³/mol. The van der Waals surface area contributed by atoms with Gasteiger partial charge in [-0.1, -0.05) is 52.4 Å². The van der Waals surface area contributed by atoms with Crippen LogP contribution in [-0.4, -0.2) is 49.6 Å². The molecule has 180 valence electrons. The summed E-state index contributed by atoms with van der Waals surface area (Å²) in [5.41, 5.74) is 0.260. The number of halogens is 1. The van der Waals surface area contributed by atoms with Crippen LogP contribution >= 0.6 is 15.9 Å². The maximum atomic E-state index is 13.1. The lowest BCUT2D eigenvalue weighted by Gasteiger charge is -2.23. The van der Waals surface area contributed by atoms with E-state index in [2.05, 4.69) is 40.0 Å². The van der Waals surface area contributed by atoms with Crippen LogP contribution in [0, 0.1) is 0 Å². The van der Waals surface area contributed by atoms with Gasteiger partial charge in [-0.2, -0.15) is 0 Å². The van der Waals surface area contributed by atoms with E-state index < -0.39 is 0 Å². The summed E-state index contributed by atoms with van der Waals surface area (Å²) in [7, 11) is 1.51. The molecule has 1 unspecified atom stereocenters. The fourth-order valence-corrected chi connectivity index (χ4v) is 4.67. The molecule has 2 rings (SSSR count). The van der Waals surface area contributed by atoms with Crippen molar-refractivity contribution in [1.82, 2.24) is 10.2 Å². The number of hydrogen-bond acceptors (Lipinski definition) is 5. The van der Waals surface area contributed by atoms with Crippen molar-refractivity contribution in [2.45, 2.75) is 84.1 Å². The first-order chi connectivity index (χ1) is 15.5. The topological polar surface area (TPSA) is 67.9 Å². The monoisotopic (exact) mass is 510 g/mol. The molecule has 0 spiro atoms. The molecule has 1 aromatic carbocycles. The Morgan fingerprint density at radius 3 is 2.53 bits per heavy atom. The number of esters is 1. The van der Waals surface area contributed by atoms with Crippen molar-refractivity contribution in [3.63, 3.8) is 0 Å². The molecule has 1 N–H and O–H groups in total. The molecule has 0 aliphatic carbocycles. The third kappa shape index (κ3) is 8.07. The lowest BCUT2D eigenvalue weighted by molar-refractivity contribution is -0.134.